The zero-order valence-corrected chi connectivity index (χ0v) is 6.95. The van der Waals surface area contributed by atoms with E-state index in [9.17, 15) is 8.42 Å². The molecule has 0 unspecified atom stereocenters. The Morgan fingerprint density at radius 3 is 2.17 bits per heavy atom. The molecule has 1 rings (SSSR count). The van der Waals surface area contributed by atoms with Crippen LogP contribution >= 0.6 is 0 Å². The van der Waals surface area contributed by atoms with Crippen molar-refractivity contribution in [3.05, 3.63) is 18.2 Å². The van der Waals surface area contributed by atoms with Crippen LogP contribution in [0.3, 0.4) is 0 Å². The minimum Gasteiger partial charge on any atom is -0.324 e. The molecule has 12 heavy (non-hydrogen) atoms. The van der Waals surface area contributed by atoms with Gasteiger partial charge >= 0.3 is 0 Å². The zero-order chi connectivity index (χ0) is 9.19. The Labute approximate surface area is 69.7 Å². The van der Waals surface area contributed by atoms with Gasteiger partial charge in [0.05, 0.1) is 18.9 Å². The van der Waals surface area contributed by atoms with E-state index in [-0.39, 0.29) is 11.4 Å². The molecule has 66 valence electrons. The van der Waals surface area contributed by atoms with Crippen LogP contribution in [0.25, 0.3) is 0 Å². The largest absolute Gasteiger partial charge is 0.324 e. The van der Waals surface area contributed by atoms with Crippen molar-refractivity contribution >= 4 is 10.0 Å². The Morgan fingerprint density at radius 1 is 1.33 bits per heavy atom. The maximum Gasteiger partial charge on any atom is 0.241 e. The second-order valence-electron chi connectivity index (χ2n) is 2.08. The van der Waals surface area contributed by atoms with Crippen LogP contribution in [0, 0.1) is 0 Å². The van der Waals surface area contributed by atoms with Crippen LogP contribution in [0.2, 0.25) is 0 Å². The number of nitrogens with zero attached hydrogens (tertiary/aromatic N) is 2. The highest BCUT2D eigenvalue weighted by atomic mass is 32.2. The normalized spacial score (nSPS) is 11.5. The molecule has 0 aliphatic rings. The van der Waals surface area contributed by atoms with Gasteiger partial charge in [0.2, 0.25) is 10.0 Å². The topological polar surface area (TPSA) is 112 Å². The van der Waals surface area contributed by atoms with Crippen LogP contribution in [0.15, 0.2) is 17.3 Å². The predicted molar refractivity (Wildman–Crippen MR) is 41.3 cm³/mol. The second kappa shape index (κ2) is 3.13. The fourth-order valence-corrected chi connectivity index (χ4v) is 0.995. The molecule has 0 saturated carbocycles. The van der Waals surface area contributed by atoms with Crippen LogP contribution < -0.4 is 10.9 Å². The van der Waals surface area contributed by atoms with Crippen molar-refractivity contribution in [2.24, 2.45) is 10.9 Å². The molecule has 0 saturated heterocycles. The smallest absolute Gasteiger partial charge is 0.241 e. The Morgan fingerprint density at radius 2 is 1.83 bits per heavy atom. The highest BCUT2D eigenvalue weighted by Gasteiger charge is 2.07. The summed E-state index contributed by atoms with van der Waals surface area (Å²) in [7, 11) is -3.69. The lowest BCUT2D eigenvalue weighted by Crippen LogP contribution is -2.14. The molecule has 0 aromatic carbocycles. The van der Waals surface area contributed by atoms with Gasteiger partial charge in [-0.1, -0.05) is 0 Å². The summed E-state index contributed by atoms with van der Waals surface area (Å²) in [6, 6.07) is 0. The first-order valence-electron chi connectivity index (χ1n) is 3.08. The number of hydrogen-bond acceptors (Lipinski definition) is 5. The molecule has 0 amide bonds. The maximum atomic E-state index is 10.7. The summed E-state index contributed by atoms with van der Waals surface area (Å²) in [5.41, 5.74) is 5.20. The summed E-state index contributed by atoms with van der Waals surface area (Å²) in [5.74, 6) is 0.377. The van der Waals surface area contributed by atoms with Gasteiger partial charge in [-0.15, -0.1) is 0 Å². The van der Waals surface area contributed by atoms with E-state index in [1.54, 1.807) is 0 Å². The third-order valence-electron chi connectivity index (χ3n) is 1.19. The monoisotopic (exact) mass is 188 g/mol. The van der Waals surface area contributed by atoms with Gasteiger partial charge in [0.15, 0.2) is 0 Å². The quantitative estimate of drug-likeness (QED) is 0.591. The SMILES string of the molecule is NCc1ncc(S(N)(=O)=O)cn1. The molecule has 1 aromatic heterocycles. The predicted octanol–water partition coefficient (Wildman–Crippen LogP) is -1.42. The van der Waals surface area contributed by atoms with E-state index in [1.165, 1.54) is 0 Å². The van der Waals surface area contributed by atoms with E-state index >= 15 is 0 Å². The highest BCUT2D eigenvalue weighted by Crippen LogP contribution is 2.01. The van der Waals surface area contributed by atoms with Gasteiger partial charge in [-0.2, -0.15) is 0 Å². The number of aromatic nitrogens is 2. The van der Waals surface area contributed by atoms with Gasteiger partial charge in [-0.05, 0) is 0 Å². The van der Waals surface area contributed by atoms with Crippen molar-refractivity contribution in [2.75, 3.05) is 0 Å². The average molecular weight is 188 g/mol. The van der Waals surface area contributed by atoms with Gasteiger partial charge in [0.1, 0.15) is 10.7 Å². The fraction of sp³-hybridized carbons (Fsp3) is 0.200. The van der Waals surface area contributed by atoms with E-state index in [2.05, 4.69) is 9.97 Å². The molecular weight excluding hydrogens is 180 g/mol. The van der Waals surface area contributed by atoms with Crippen LogP contribution in [-0.2, 0) is 16.6 Å². The molecule has 1 aromatic rings. The molecule has 6 nitrogen and oxygen atoms in total. The molecule has 0 aliphatic heterocycles. The van der Waals surface area contributed by atoms with Crippen molar-refractivity contribution in [3.8, 4) is 0 Å². The third kappa shape index (κ3) is 1.97. The number of nitrogens with two attached hydrogens (primary N) is 2. The minimum atomic E-state index is -3.69. The molecule has 0 atom stereocenters. The molecule has 0 aliphatic carbocycles. The van der Waals surface area contributed by atoms with Crippen LogP contribution in [0.4, 0.5) is 0 Å². The summed E-state index contributed by atoms with van der Waals surface area (Å²) in [6.45, 7) is 0.172. The Kier molecular flexibility index (Phi) is 2.36. The highest BCUT2D eigenvalue weighted by molar-refractivity contribution is 7.89. The van der Waals surface area contributed by atoms with Crippen LogP contribution in [0.5, 0.6) is 0 Å². The molecule has 0 bridgehead atoms. The van der Waals surface area contributed by atoms with Gasteiger partial charge in [-0.3, -0.25) is 0 Å². The number of primary sulfonamides is 1. The first-order chi connectivity index (χ1) is 5.54. The lowest BCUT2D eigenvalue weighted by molar-refractivity contribution is 0.596. The maximum absolute atomic E-state index is 10.7. The third-order valence-corrected chi connectivity index (χ3v) is 2.06. The Balaban J connectivity index is 3.09. The summed E-state index contributed by atoms with van der Waals surface area (Å²) >= 11 is 0. The fourth-order valence-electron chi connectivity index (χ4n) is 0.595. The van der Waals surface area contributed by atoms with Crippen molar-refractivity contribution in [1.82, 2.24) is 9.97 Å². The zero-order valence-electron chi connectivity index (χ0n) is 6.14. The molecule has 0 radical (unpaired) electrons. The van der Waals surface area contributed by atoms with Crippen LogP contribution in [-0.4, -0.2) is 18.4 Å². The first-order valence-corrected chi connectivity index (χ1v) is 4.62. The van der Waals surface area contributed by atoms with E-state index in [1.807, 2.05) is 0 Å². The van der Waals surface area contributed by atoms with Gasteiger partial charge < -0.3 is 5.73 Å². The Hall–Kier alpha value is -1.05. The summed E-state index contributed by atoms with van der Waals surface area (Å²) in [4.78, 5) is 7.23. The van der Waals surface area contributed by atoms with Gasteiger partial charge in [0, 0.05) is 0 Å². The van der Waals surface area contributed by atoms with Crippen molar-refractivity contribution < 1.29 is 8.42 Å². The van der Waals surface area contributed by atoms with E-state index in [0.717, 1.165) is 12.4 Å². The van der Waals surface area contributed by atoms with Crippen LogP contribution in [0.1, 0.15) is 5.82 Å². The molecule has 7 heteroatoms. The molecule has 0 spiro atoms. The number of rotatable bonds is 2. The van der Waals surface area contributed by atoms with E-state index in [4.69, 9.17) is 10.9 Å². The lowest BCUT2D eigenvalue weighted by atomic mass is 10.5. The van der Waals surface area contributed by atoms with Crippen molar-refractivity contribution in [1.29, 1.82) is 0 Å². The Bertz CT molecular complexity index is 358. The summed E-state index contributed by atoms with van der Waals surface area (Å²) in [5, 5.41) is 4.81. The number of sulfonamides is 1. The molecular formula is C5H8N4O2S. The summed E-state index contributed by atoms with van der Waals surface area (Å²) < 4.78 is 21.4. The standard InChI is InChI=1S/C5H8N4O2S/c6-1-5-8-2-4(3-9-5)12(7,10)11/h2-3H,1,6H2,(H2,7,10,11). The first kappa shape index (κ1) is 9.04. The van der Waals surface area contributed by atoms with Gasteiger partial charge in [-0.25, -0.2) is 23.5 Å². The molecule has 0 fully saturated rings. The lowest BCUT2D eigenvalue weighted by Gasteiger charge is -1.97. The number of hydrogen-bond donors (Lipinski definition) is 2. The summed E-state index contributed by atoms with van der Waals surface area (Å²) in [6.07, 6.45) is 2.26. The average Bonchev–Trinajstić information content (AvgIpc) is 2.03. The minimum absolute atomic E-state index is 0.111. The molecule has 4 N–H and O–H groups in total. The van der Waals surface area contributed by atoms with E-state index in [0.29, 0.717) is 5.82 Å². The van der Waals surface area contributed by atoms with Crippen molar-refractivity contribution in [3.63, 3.8) is 0 Å². The van der Waals surface area contributed by atoms with Crippen molar-refractivity contribution in [2.45, 2.75) is 11.4 Å². The molecule has 1 heterocycles. The second-order valence-corrected chi connectivity index (χ2v) is 3.65. The van der Waals surface area contributed by atoms with E-state index < -0.39 is 10.0 Å². The van der Waals surface area contributed by atoms with Gasteiger partial charge in [0.25, 0.3) is 0 Å².